The molecule has 1 rings (SSSR count). The van der Waals surface area contributed by atoms with Crippen molar-refractivity contribution in [3.05, 3.63) is 18.3 Å². The molecule has 0 amide bonds. The number of aromatic nitrogens is 1. The Balaban J connectivity index is 2.33. The SMILES string of the molecule is C[As](C)CCNc1ccc(N)nc1. The number of hydrogen-bond acceptors (Lipinski definition) is 3. The van der Waals surface area contributed by atoms with Gasteiger partial charge in [0.1, 0.15) is 0 Å². The molecule has 0 aliphatic carbocycles. The molecule has 3 nitrogen and oxygen atoms in total. The average molecular weight is 241 g/mol. The van der Waals surface area contributed by atoms with Gasteiger partial charge in [-0.2, -0.15) is 0 Å². The third-order valence-electron chi connectivity index (χ3n) is 1.67. The molecule has 72 valence electrons. The van der Waals surface area contributed by atoms with Crippen LogP contribution in [0, 0.1) is 0 Å². The standard InChI is InChI=1S/C9H16AsN3/c1-10(2)5-6-12-8-3-4-9(11)13-7-8/h3-4,7,12H,5-6H2,1-2H3,(H2,11,13). The predicted octanol–water partition coefficient (Wildman–Crippen LogP) is 1.83. The second-order valence-corrected chi connectivity index (χ2v) is 8.67. The molecule has 0 saturated heterocycles. The number of nitrogens with two attached hydrogens (primary N) is 1. The molecule has 0 atom stereocenters. The van der Waals surface area contributed by atoms with Crippen LogP contribution < -0.4 is 11.1 Å². The van der Waals surface area contributed by atoms with E-state index in [0.717, 1.165) is 12.2 Å². The number of hydrogen-bond donors (Lipinski definition) is 2. The average Bonchev–Trinajstić information content (AvgIpc) is 2.08. The van der Waals surface area contributed by atoms with Crippen molar-refractivity contribution < 1.29 is 0 Å². The summed E-state index contributed by atoms with van der Waals surface area (Å²) in [5, 5.41) is 4.64. The molecule has 0 saturated carbocycles. The van der Waals surface area contributed by atoms with Gasteiger partial charge in [0.2, 0.25) is 0 Å². The van der Waals surface area contributed by atoms with E-state index >= 15 is 0 Å². The molecule has 4 heteroatoms. The zero-order valence-corrected chi connectivity index (χ0v) is 9.99. The van der Waals surface area contributed by atoms with Crippen LogP contribution in [0.3, 0.4) is 0 Å². The van der Waals surface area contributed by atoms with Gasteiger partial charge in [-0.25, -0.2) is 0 Å². The van der Waals surface area contributed by atoms with Crippen LogP contribution in [0.25, 0.3) is 0 Å². The summed E-state index contributed by atoms with van der Waals surface area (Å²) >= 11 is -0.487. The Hall–Kier alpha value is -0.692. The summed E-state index contributed by atoms with van der Waals surface area (Å²) in [6.07, 6.45) is 1.78. The van der Waals surface area contributed by atoms with Crippen LogP contribution >= 0.6 is 0 Å². The summed E-state index contributed by atoms with van der Waals surface area (Å²) in [7, 11) is 0. The van der Waals surface area contributed by atoms with Crippen molar-refractivity contribution in [3.63, 3.8) is 0 Å². The van der Waals surface area contributed by atoms with Crippen LogP contribution in [0.4, 0.5) is 11.5 Å². The molecule has 1 heterocycles. The van der Waals surface area contributed by atoms with Gasteiger partial charge in [-0.1, -0.05) is 0 Å². The van der Waals surface area contributed by atoms with E-state index in [0.29, 0.717) is 5.82 Å². The molecule has 0 unspecified atom stereocenters. The van der Waals surface area contributed by atoms with Crippen LogP contribution in [-0.4, -0.2) is 26.2 Å². The Morgan fingerprint density at radius 2 is 2.23 bits per heavy atom. The molecule has 0 radical (unpaired) electrons. The molecule has 0 aliphatic heterocycles. The van der Waals surface area contributed by atoms with E-state index in [1.807, 2.05) is 12.1 Å². The van der Waals surface area contributed by atoms with E-state index in [1.54, 1.807) is 6.20 Å². The molecule has 1 aromatic heterocycles. The van der Waals surface area contributed by atoms with Crippen LogP contribution in [0.2, 0.25) is 16.6 Å². The predicted molar refractivity (Wildman–Crippen MR) is 59.4 cm³/mol. The molecule has 0 aromatic carbocycles. The molecular formula is C9H16AsN3. The normalized spacial score (nSPS) is 10.4. The van der Waals surface area contributed by atoms with Gasteiger partial charge in [0.15, 0.2) is 0 Å². The van der Waals surface area contributed by atoms with Crippen molar-refractivity contribution >= 4 is 26.2 Å². The molecule has 3 N–H and O–H groups in total. The van der Waals surface area contributed by atoms with Gasteiger partial charge >= 0.3 is 83.7 Å². The van der Waals surface area contributed by atoms with Crippen molar-refractivity contribution in [2.24, 2.45) is 0 Å². The minimum absolute atomic E-state index is 0.487. The van der Waals surface area contributed by atoms with Crippen LogP contribution in [0.1, 0.15) is 0 Å². The first kappa shape index (κ1) is 10.4. The second kappa shape index (κ2) is 5.13. The maximum atomic E-state index is 5.47. The summed E-state index contributed by atoms with van der Waals surface area (Å²) in [5.74, 6) is 0.573. The maximum absolute atomic E-state index is 5.47. The number of anilines is 2. The van der Waals surface area contributed by atoms with Gasteiger partial charge in [0.05, 0.1) is 0 Å². The van der Waals surface area contributed by atoms with E-state index in [-0.39, 0.29) is 0 Å². The van der Waals surface area contributed by atoms with Crippen LogP contribution in [-0.2, 0) is 0 Å². The van der Waals surface area contributed by atoms with E-state index in [2.05, 4.69) is 21.7 Å². The molecular weight excluding hydrogens is 225 g/mol. The third kappa shape index (κ3) is 4.18. The fourth-order valence-corrected chi connectivity index (χ4v) is 2.11. The minimum atomic E-state index is -0.487. The van der Waals surface area contributed by atoms with Gasteiger partial charge < -0.3 is 0 Å². The Morgan fingerprint density at radius 1 is 1.46 bits per heavy atom. The van der Waals surface area contributed by atoms with Gasteiger partial charge in [-0.15, -0.1) is 0 Å². The van der Waals surface area contributed by atoms with Gasteiger partial charge in [0, 0.05) is 0 Å². The first-order chi connectivity index (χ1) is 6.18. The van der Waals surface area contributed by atoms with Crippen molar-refractivity contribution in [2.75, 3.05) is 17.6 Å². The summed E-state index contributed by atoms with van der Waals surface area (Å²) in [5.41, 5.74) is 11.2. The summed E-state index contributed by atoms with van der Waals surface area (Å²) in [6, 6.07) is 3.78. The van der Waals surface area contributed by atoms with Crippen LogP contribution in [0.15, 0.2) is 18.3 Å². The fourth-order valence-electron chi connectivity index (χ4n) is 0.934. The molecule has 0 spiro atoms. The van der Waals surface area contributed by atoms with Crippen molar-refractivity contribution in [1.82, 2.24) is 4.98 Å². The number of nitrogens with zero attached hydrogens (tertiary/aromatic N) is 1. The molecule has 13 heavy (non-hydrogen) atoms. The Bertz CT molecular complexity index is 246. The quantitative estimate of drug-likeness (QED) is 0.791. The Morgan fingerprint density at radius 3 is 2.77 bits per heavy atom. The van der Waals surface area contributed by atoms with Crippen LogP contribution in [0.5, 0.6) is 0 Å². The summed E-state index contributed by atoms with van der Waals surface area (Å²) in [4.78, 5) is 4.00. The van der Waals surface area contributed by atoms with Gasteiger partial charge in [0.25, 0.3) is 0 Å². The van der Waals surface area contributed by atoms with Gasteiger partial charge in [-0.3, -0.25) is 0 Å². The Labute approximate surface area is 84.0 Å². The summed E-state index contributed by atoms with van der Waals surface area (Å²) in [6.45, 7) is 1.05. The zero-order chi connectivity index (χ0) is 9.68. The molecule has 1 aromatic rings. The van der Waals surface area contributed by atoms with Crippen molar-refractivity contribution in [1.29, 1.82) is 0 Å². The van der Waals surface area contributed by atoms with Crippen molar-refractivity contribution in [3.8, 4) is 0 Å². The Kier molecular flexibility index (Phi) is 4.10. The van der Waals surface area contributed by atoms with E-state index in [9.17, 15) is 0 Å². The number of nitrogens with one attached hydrogen (secondary N) is 1. The van der Waals surface area contributed by atoms with E-state index in [1.165, 1.54) is 5.21 Å². The van der Waals surface area contributed by atoms with E-state index < -0.39 is 14.7 Å². The number of pyridine rings is 1. The van der Waals surface area contributed by atoms with Crippen molar-refractivity contribution in [2.45, 2.75) is 16.6 Å². The van der Waals surface area contributed by atoms with Gasteiger partial charge in [-0.05, 0) is 0 Å². The molecule has 0 fully saturated rings. The third-order valence-corrected chi connectivity index (χ3v) is 4.02. The summed E-state index contributed by atoms with van der Waals surface area (Å²) < 4.78 is 0. The van der Waals surface area contributed by atoms with E-state index in [4.69, 9.17) is 5.73 Å². The second-order valence-electron chi connectivity index (χ2n) is 3.20. The first-order valence-electron chi connectivity index (χ1n) is 4.28. The number of rotatable bonds is 4. The fraction of sp³-hybridized carbons (Fsp3) is 0.444. The zero-order valence-electron chi connectivity index (χ0n) is 8.12. The number of nitrogen functional groups attached to an aromatic ring is 1. The monoisotopic (exact) mass is 241 g/mol. The topological polar surface area (TPSA) is 50.9 Å². The molecule has 0 bridgehead atoms. The first-order valence-corrected chi connectivity index (χ1v) is 9.36. The molecule has 0 aliphatic rings.